The second-order valence-corrected chi connectivity index (χ2v) is 2.77. The largest absolute Gasteiger partial charge is 0.344 e. The van der Waals surface area contributed by atoms with Crippen LogP contribution in [0.1, 0.15) is 0 Å². The lowest BCUT2D eigenvalue weighted by Gasteiger charge is -1.97. The van der Waals surface area contributed by atoms with Crippen molar-refractivity contribution in [3.05, 3.63) is 41.7 Å². The average molecular weight is 178 g/mol. The third kappa shape index (κ3) is 1.21. The van der Waals surface area contributed by atoms with E-state index in [0.29, 0.717) is 5.02 Å². The predicted octanol–water partition coefficient (Wildman–Crippen LogP) is 2.53. The molecule has 0 saturated heterocycles. The van der Waals surface area contributed by atoms with Crippen molar-refractivity contribution in [2.45, 2.75) is 0 Å². The zero-order chi connectivity index (χ0) is 8.39. The van der Waals surface area contributed by atoms with Crippen LogP contribution in [0.5, 0.6) is 0 Å². The Kier molecular flexibility index (Phi) is 1.84. The molecule has 59 valence electrons. The number of H-pyrrole nitrogens is 1. The fourth-order valence-electron chi connectivity index (χ4n) is 1.02. The van der Waals surface area contributed by atoms with E-state index in [1.807, 2.05) is 24.3 Å². The quantitative estimate of drug-likeness (QED) is 0.713. The minimum absolute atomic E-state index is 0.695. The van der Waals surface area contributed by atoms with Gasteiger partial charge in [-0.15, -0.1) is 0 Å². The van der Waals surface area contributed by atoms with E-state index in [1.165, 1.54) is 0 Å². The Bertz CT molecular complexity index is 368. The predicted molar refractivity (Wildman–Crippen MR) is 47.9 cm³/mol. The molecule has 0 atom stereocenters. The fraction of sp³-hybridized carbons (Fsp3) is 0. The molecule has 1 aromatic carbocycles. The number of benzene rings is 1. The van der Waals surface area contributed by atoms with E-state index in [9.17, 15) is 0 Å². The van der Waals surface area contributed by atoms with Crippen LogP contribution >= 0.6 is 11.6 Å². The summed E-state index contributed by atoms with van der Waals surface area (Å²) in [4.78, 5) is 6.93. The zero-order valence-corrected chi connectivity index (χ0v) is 6.97. The van der Waals surface area contributed by atoms with Crippen molar-refractivity contribution in [2.75, 3.05) is 0 Å². The molecule has 0 fully saturated rings. The van der Waals surface area contributed by atoms with Gasteiger partial charge in [0.25, 0.3) is 0 Å². The van der Waals surface area contributed by atoms with Crippen LogP contribution in [0.2, 0.25) is 5.02 Å². The number of nitrogens with zero attached hydrogens (tertiary/aromatic N) is 1. The summed E-state index contributed by atoms with van der Waals surface area (Å²) in [5.41, 5.74) is 0.903. The summed E-state index contributed by atoms with van der Waals surface area (Å²) in [5.74, 6) is 0.751. The molecular formula is C9H6ClN2. The molecule has 0 unspecified atom stereocenters. The van der Waals surface area contributed by atoms with Gasteiger partial charge in [0.05, 0.1) is 5.02 Å². The highest BCUT2D eigenvalue weighted by molar-refractivity contribution is 6.33. The van der Waals surface area contributed by atoms with E-state index < -0.39 is 0 Å². The van der Waals surface area contributed by atoms with Gasteiger partial charge in [0.15, 0.2) is 0 Å². The maximum Gasteiger partial charge on any atom is 0.139 e. The number of aromatic amines is 1. The third-order valence-electron chi connectivity index (χ3n) is 1.58. The van der Waals surface area contributed by atoms with Gasteiger partial charge in [-0.2, -0.15) is 0 Å². The van der Waals surface area contributed by atoms with Crippen LogP contribution in [-0.2, 0) is 0 Å². The molecule has 2 nitrogen and oxygen atoms in total. The Balaban J connectivity index is 2.55. The van der Waals surface area contributed by atoms with E-state index in [0.717, 1.165) is 11.4 Å². The van der Waals surface area contributed by atoms with E-state index >= 15 is 0 Å². The van der Waals surface area contributed by atoms with Crippen LogP contribution < -0.4 is 0 Å². The van der Waals surface area contributed by atoms with Crippen LogP contribution in [0.3, 0.4) is 0 Å². The molecule has 0 spiro atoms. The maximum absolute atomic E-state index is 5.94. The second-order valence-electron chi connectivity index (χ2n) is 2.36. The van der Waals surface area contributed by atoms with E-state index in [-0.39, 0.29) is 0 Å². The highest BCUT2D eigenvalue weighted by atomic mass is 35.5. The SMILES string of the molecule is Clc1ccccc1-c1n[c]c[nH]1. The molecule has 0 aliphatic heterocycles. The van der Waals surface area contributed by atoms with Gasteiger partial charge in [-0.1, -0.05) is 23.7 Å². The lowest BCUT2D eigenvalue weighted by molar-refractivity contribution is 1.31. The molecule has 0 bridgehead atoms. The summed E-state index contributed by atoms with van der Waals surface area (Å²) in [6, 6.07) is 7.55. The summed E-state index contributed by atoms with van der Waals surface area (Å²) in [6.45, 7) is 0. The van der Waals surface area contributed by atoms with Gasteiger partial charge in [-0.25, -0.2) is 4.98 Å². The molecule has 0 aliphatic rings. The van der Waals surface area contributed by atoms with Crippen molar-refractivity contribution < 1.29 is 0 Å². The van der Waals surface area contributed by atoms with Gasteiger partial charge in [0, 0.05) is 11.8 Å². The molecule has 2 rings (SSSR count). The molecular weight excluding hydrogens is 172 g/mol. The van der Waals surface area contributed by atoms with Crippen LogP contribution in [0.25, 0.3) is 11.4 Å². The number of halogens is 1. The Morgan fingerprint density at radius 3 is 2.83 bits per heavy atom. The Morgan fingerprint density at radius 2 is 2.17 bits per heavy atom. The molecule has 12 heavy (non-hydrogen) atoms. The minimum atomic E-state index is 0.695. The Morgan fingerprint density at radius 1 is 1.33 bits per heavy atom. The molecule has 0 aliphatic carbocycles. The minimum Gasteiger partial charge on any atom is -0.344 e. The molecule has 2 aromatic rings. The molecule has 0 saturated carbocycles. The molecule has 1 heterocycles. The number of hydrogen-bond donors (Lipinski definition) is 1. The molecule has 0 amide bonds. The Labute approximate surface area is 75.2 Å². The zero-order valence-electron chi connectivity index (χ0n) is 6.21. The average Bonchev–Trinajstić information content (AvgIpc) is 2.57. The van der Waals surface area contributed by atoms with Crippen LogP contribution in [0.15, 0.2) is 30.5 Å². The lowest BCUT2D eigenvalue weighted by atomic mass is 10.2. The Hall–Kier alpha value is -1.28. The second kappa shape index (κ2) is 2.99. The summed E-state index contributed by atoms with van der Waals surface area (Å²) in [6.07, 6.45) is 4.34. The van der Waals surface area contributed by atoms with Gasteiger partial charge in [-0.3, -0.25) is 0 Å². The monoisotopic (exact) mass is 177 g/mol. The first-order chi connectivity index (χ1) is 5.88. The van der Waals surface area contributed by atoms with Crippen LogP contribution in [0, 0.1) is 6.20 Å². The highest BCUT2D eigenvalue weighted by Crippen LogP contribution is 2.23. The van der Waals surface area contributed by atoms with E-state index in [2.05, 4.69) is 16.2 Å². The smallest absolute Gasteiger partial charge is 0.139 e. The van der Waals surface area contributed by atoms with Gasteiger partial charge in [-0.05, 0) is 12.1 Å². The third-order valence-corrected chi connectivity index (χ3v) is 1.91. The summed E-state index contributed by atoms with van der Waals surface area (Å²) in [5, 5.41) is 0.695. The van der Waals surface area contributed by atoms with Gasteiger partial charge >= 0.3 is 0 Å². The van der Waals surface area contributed by atoms with Gasteiger partial charge in [0.1, 0.15) is 12.0 Å². The molecule has 1 N–H and O–H groups in total. The number of rotatable bonds is 1. The molecule has 1 radical (unpaired) electrons. The number of nitrogens with one attached hydrogen (secondary N) is 1. The topological polar surface area (TPSA) is 28.7 Å². The number of aromatic nitrogens is 2. The van der Waals surface area contributed by atoms with Crippen LogP contribution in [-0.4, -0.2) is 9.97 Å². The molecule has 3 heteroatoms. The van der Waals surface area contributed by atoms with Crippen molar-refractivity contribution in [1.82, 2.24) is 9.97 Å². The standard InChI is InChI=1S/C9H6ClN2/c10-8-4-2-1-3-7(8)9-11-5-6-12-9/h1-5H,(H,11,12). The van der Waals surface area contributed by atoms with Crippen molar-refractivity contribution in [2.24, 2.45) is 0 Å². The van der Waals surface area contributed by atoms with E-state index in [1.54, 1.807) is 6.20 Å². The van der Waals surface area contributed by atoms with Gasteiger partial charge in [0.2, 0.25) is 0 Å². The van der Waals surface area contributed by atoms with E-state index in [4.69, 9.17) is 11.6 Å². The summed E-state index contributed by atoms with van der Waals surface area (Å²) in [7, 11) is 0. The number of hydrogen-bond acceptors (Lipinski definition) is 1. The van der Waals surface area contributed by atoms with Gasteiger partial charge < -0.3 is 4.98 Å². The lowest BCUT2D eigenvalue weighted by Crippen LogP contribution is -1.80. The van der Waals surface area contributed by atoms with Crippen LogP contribution in [0.4, 0.5) is 0 Å². The fourth-order valence-corrected chi connectivity index (χ4v) is 1.25. The maximum atomic E-state index is 5.94. The first kappa shape index (κ1) is 7.37. The van der Waals surface area contributed by atoms with Crippen molar-refractivity contribution in [1.29, 1.82) is 0 Å². The number of imidazole rings is 1. The van der Waals surface area contributed by atoms with Crippen molar-refractivity contribution >= 4 is 11.6 Å². The van der Waals surface area contributed by atoms with Crippen molar-refractivity contribution in [3.63, 3.8) is 0 Å². The summed E-state index contributed by atoms with van der Waals surface area (Å²) >= 11 is 5.94. The highest BCUT2D eigenvalue weighted by Gasteiger charge is 2.02. The first-order valence-electron chi connectivity index (χ1n) is 3.54. The first-order valence-corrected chi connectivity index (χ1v) is 3.92. The molecule has 1 aromatic heterocycles. The normalized spacial score (nSPS) is 10.1. The van der Waals surface area contributed by atoms with Crippen molar-refractivity contribution in [3.8, 4) is 11.4 Å². The summed E-state index contributed by atoms with van der Waals surface area (Å²) < 4.78 is 0.